The van der Waals surface area contributed by atoms with Crippen molar-refractivity contribution in [1.29, 1.82) is 0 Å². The van der Waals surface area contributed by atoms with Crippen LogP contribution in [0.1, 0.15) is 16.2 Å². The highest BCUT2D eigenvalue weighted by Crippen LogP contribution is 2.16. The Morgan fingerprint density at radius 3 is 2.79 bits per heavy atom. The lowest BCUT2D eigenvalue weighted by Gasteiger charge is -2.02. The second-order valence-electron chi connectivity index (χ2n) is 5.36. The van der Waals surface area contributed by atoms with Gasteiger partial charge in [0.2, 0.25) is 0 Å². The lowest BCUT2D eigenvalue weighted by atomic mass is 10.2. The molecule has 4 aromatic rings. The van der Waals surface area contributed by atoms with Crippen LogP contribution in [0.15, 0.2) is 61.1 Å². The van der Waals surface area contributed by atoms with Crippen molar-refractivity contribution in [3.63, 3.8) is 0 Å². The third-order valence-electron chi connectivity index (χ3n) is 3.78. The van der Waals surface area contributed by atoms with Gasteiger partial charge in [0.05, 0.1) is 24.6 Å². The maximum absolute atomic E-state index is 10.8. The minimum absolute atomic E-state index is 0.00194. The molecule has 0 fully saturated rings. The van der Waals surface area contributed by atoms with Crippen LogP contribution in [-0.2, 0) is 6.54 Å². The molecule has 0 radical (unpaired) electrons. The van der Waals surface area contributed by atoms with Gasteiger partial charge in [-0.2, -0.15) is 0 Å². The molecule has 7 heteroatoms. The Morgan fingerprint density at radius 2 is 2.00 bits per heavy atom. The van der Waals surface area contributed by atoms with Crippen molar-refractivity contribution in [3.8, 4) is 5.69 Å². The lowest BCUT2D eigenvalue weighted by molar-refractivity contribution is 0.0690. The topological polar surface area (TPSA) is 85.8 Å². The molecule has 0 aliphatic carbocycles. The quantitative estimate of drug-likeness (QED) is 0.624. The number of carboxylic acids is 1. The summed E-state index contributed by atoms with van der Waals surface area (Å²) in [5.41, 5.74) is 2.60. The van der Waals surface area contributed by atoms with Crippen LogP contribution in [0.3, 0.4) is 0 Å². The van der Waals surface area contributed by atoms with E-state index in [-0.39, 0.29) is 5.69 Å². The van der Waals surface area contributed by atoms with Gasteiger partial charge in [0.1, 0.15) is 11.4 Å². The Labute approximate surface area is 136 Å². The van der Waals surface area contributed by atoms with Crippen molar-refractivity contribution in [2.24, 2.45) is 0 Å². The minimum Gasteiger partial charge on any atom is -0.477 e. The molecule has 7 nitrogen and oxygen atoms in total. The number of carboxylic acid groups (broad SMARTS) is 1. The van der Waals surface area contributed by atoms with Crippen LogP contribution in [0.4, 0.5) is 0 Å². The molecule has 0 spiro atoms. The monoisotopic (exact) mass is 319 g/mol. The van der Waals surface area contributed by atoms with Gasteiger partial charge in [0.25, 0.3) is 0 Å². The fourth-order valence-corrected chi connectivity index (χ4v) is 2.60. The minimum atomic E-state index is -1.06. The normalized spacial score (nSPS) is 11.0. The van der Waals surface area contributed by atoms with Gasteiger partial charge in [0, 0.05) is 11.7 Å². The van der Waals surface area contributed by atoms with Crippen LogP contribution < -0.4 is 0 Å². The number of pyridine rings is 1. The number of aromatic carboxylic acids is 1. The van der Waals surface area contributed by atoms with Crippen LogP contribution in [0.5, 0.6) is 0 Å². The standard InChI is InChI=1S/C17H13N5O2/c23-17(24)15-6-5-14(9-18-15)22-11-13(19-20-22)10-21-8-7-12-3-1-2-4-16(12)21/h1-9,11H,10H2,(H,23,24). The van der Waals surface area contributed by atoms with Crippen molar-refractivity contribution in [1.82, 2.24) is 24.5 Å². The summed E-state index contributed by atoms with van der Waals surface area (Å²) in [5, 5.41) is 18.3. The molecule has 4 rings (SSSR count). The zero-order valence-corrected chi connectivity index (χ0v) is 12.6. The van der Waals surface area contributed by atoms with E-state index in [0.29, 0.717) is 12.2 Å². The van der Waals surface area contributed by atoms with E-state index < -0.39 is 5.97 Å². The third-order valence-corrected chi connectivity index (χ3v) is 3.78. The molecule has 0 atom stereocenters. The highest BCUT2D eigenvalue weighted by Gasteiger charge is 2.08. The summed E-state index contributed by atoms with van der Waals surface area (Å²) >= 11 is 0. The van der Waals surface area contributed by atoms with Gasteiger partial charge in [0.15, 0.2) is 0 Å². The van der Waals surface area contributed by atoms with E-state index >= 15 is 0 Å². The second-order valence-corrected chi connectivity index (χ2v) is 5.36. The predicted octanol–water partition coefficient (Wildman–Crippen LogP) is 2.36. The molecule has 0 aliphatic rings. The first-order valence-electron chi connectivity index (χ1n) is 7.35. The zero-order valence-electron chi connectivity index (χ0n) is 12.6. The van der Waals surface area contributed by atoms with Gasteiger partial charge in [-0.05, 0) is 29.7 Å². The largest absolute Gasteiger partial charge is 0.477 e. The van der Waals surface area contributed by atoms with E-state index in [0.717, 1.165) is 11.2 Å². The Bertz CT molecular complexity index is 1020. The number of carbonyl (C=O) groups is 1. The molecular weight excluding hydrogens is 306 g/mol. The van der Waals surface area contributed by atoms with E-state index in [4.69, 9.17) is 5.11 Å². The first-order chi connectivity index (χ1) is 11.7. The summed E-state index contributed by atoms with van der Waals surface area (Å²) < 4.78 is 3.69. The Morgan fingerprint density at radius 1 is 1.12 bits per heavy atom. The van der Waals surface area contributed by atoms with Gasteiger partial charge >= 0.3 is 5.97 Å². The molecule has 0 saturated heterocycles. The molecule has 3 heterocycles. The summed E-state index contributed by atoms with van der Waals surface area (Å²) in [6.45, 7) is 0.605. The number of nitrogens with zero attached hydrogens (tertiary/aromatic N) is 5. The third kappa shape index (κ3) is 2.52. The zero-order chi connectivity index (χ0) is 16.5. The number of hydrogen-bond donors (Lipinski definition) is 1. The summed E-state index contributed by atoms with van der Waals surface area (Å²) in [6.07, 6.45) is 5.30. The highest BCUT2D eigenvalue weighted by molar-refractivity contribution is 5.85. The van der Waals surface area contributed by atoms with E-state index in [9.17, 15) is 4.79 Å². The molecule has 0 aliphatic heterocycles. The molecule has 3 aromatic heterocycles. The molecular formula is C17H13N5O2. The van der Waals surface area contributed by atoms with Crippen LogP contribution >= 0.6 is 0 Å². The highest BCUT2D eigenvalue weighted by atomic mass is 16.4. The molecule has 24 heavy (non-hydrogen) atoms. The molecule has 118 valence electrons. The maximum Gasteiger partial charge on any atom is 0.354 e. The van der Waals surface area contributed by atoms with Crippen molar-refractivity contribution >= 4 is 16.9 Å². The number of rotatable bonds is 4. The smallest absolute Gasteiger partial charge is 0.354 e. The molecule has 0 unspecified atom stereocenters. The lowest BCUT2D eigenvalue weighted by Crippen LogP contribution is -2.02. The number of hydrogen-bond acceptors (Lipinski definition) is 4. The fourth-order valence-electron chi connectivity index (χ4n) is 2.60. The number of aromatic nitrogens is 5. The first-order valence-corrected chi connectivity index (χ1v) is 7.35. The average Bonchev–Trinajstić information content (AvgIpc) is 3.23. The summed E-state index contributed by atoms with van der Waals surface area (Å²) in [5.74, 6) is -1.06. The van der Waals surface area contributed by atoms with Gasteiger partial charge in [-0.1, -0.05) is 23.4 Å². The van der Waals surface area contributed by atoms with Gasteiger partial charge in [-0.3, -0.25) is 0 Å². The number of benzene rings is 1. The predicted molar refractivity (Wildman–Crippen MR) is 87.2 cm³/mol. The maximum atomic E-state index is 10.8. The number of para-hydroxylation sites is 1. The second kappa shape index (κ2) is 5.62. The van der Waals surface area contributed by atoms with Gasteiger partial charge in [-0.25, -0.2) is 14.5 Å². The molecule has 0 amide bonds. The summed E-state index contributed by atoms with van der Waals surface area (Å²) in [7, 11) is 0. The van der Waals surface area contributed by atoms with E-state index in [2.05, 4.69) is 38.1 Å². The van der Waals surface area contributed by atoms with Crippen LogP contribution in [-0.4, -0.2) is 35.6 Å². The fraction of sp³-hybridized carbons (Fsp3) is 0.0588. The van der Waals surface area contributed by atoms with Crippen molar-refractivity contribution in [3.05, 3.63) is 72.4 Å². The SMILES string of the molecule is O=C(O)c1ccc(-n2cc(Cn3ccc4ccccc43)nn2)cn1. The molecule has 1 N–H and O–H groups in total. The Hall–Kier alpha value is -3.48. The van der Waals surface area contributed by atoms with Crippen molar-refractivity contribution < 1.29 is 9.90 Å². The Kier molecular flexibility index (Phi) is 3.31. The van der Waals surface area contributed by atoms with Crippen molar-refractivity contribution in [2.75, 3.05) is 0 Å². The summed E-state index contributed by atoms with van der Waals surface area (Å²) in [6, 6.07) is 13.3. The molecule has 1 aromatic carbocycles. The van der Waals surface area contributed by atoms with E-state index in [1.54, 1.807) is 10.7 Å². The van der Waals surface area contributed by atoms with E-state index in [1.807, 2.05) is 24.5 Å². The molecule has 0 bridgehead atoms. The van der Waals surface area contributed by atoms with E-state index in [1.165, 1.54) is 17.6 Å². The van der Waals surface area contributed by atoms with Gasteiger partial charge in [-0.15, -0.1) is 5.10 Å². The average molecular weight is 319 g/mol. The number of fused-ring (bicyclic) bond motifs is 1. The first kappa shape index (κ1) is 14.1. The van der Waals surface area contributed by atoms with Crippen molar-refractivity contribution in [2.45, 2.75) is 6.54 Å². The Balaban J connectivity index is 1.59. The molecule has 0 saturated carbocycles. The van der Waals surface area contributed by atoms with Crippen LogP contribution in [0.2, 0.25) is 0 Å². The van der Waals surface area contributed by atoms with Crippen LogP contribution in [0.25, 0.3) is 16.6 Å². The van der Waals surface area contributed by atoms with Gasteiger partial charge < -0.3 is 9.67 Å². The van der Waals surface area contributed by atoms with Crippen LogP contribution in [0, 0.1) is 0 Å². The summed E-state index contributed by atoms with van der Waals surface area (Å²) in [4.78, 5) is 14.7.